The van der Waals surface area contributed by atoms with Crippen molar-refractivity contribution in [1.29, 1.82) is 0 Å². The maximum absolute atomic E-state index is 4.01. The maximum Gasteiger partial charge on any atom is 0.129 e. The Kier molecular flexibility index (Phi) is 2.67. The molecule has 0 aromatic carbocycles. The van der Waals surface area contributed by atoms with E-state index in [1.54, 1.807) is 6.07 Å². The molecule has 0 saturated carbocycles. The third-order valence-electron chi connectivity index (χ3n) is 1.18. The molecule has 1 aromatic rings. The van der Waals surface area contributed by atoms with Crippen LogP contribution < -0.4 is 0 Å². The number of pyridine rings is 1. The lowest BCUT2D eigenvalue weighted by Gasteiger charge is -2.02. The molecule has 0 unspecified atom stereocenters. The quantitative estimate of drug-likeness (QED) is 0.433. The van der Waals surface area contributed by atoms with Crippen LogP contribution in [0.5, 0.6) is 0 Å². The van der Waals surface area contributed by atoms with Gasteiger partial charge in [-0.1, -0.05) is 31.6 Å². The molecule has 0 atom stereocenters. The minimum atomic E-state index is -1.26. The third-order valence-corrected chi connectivity index (χ3v) is 2.05. The predicted molar refractivity (Wildman–Crippen MR) is 53.3 cm³/mol. The SMILES string of the molecule is C[Si](C)(C)C#Cc1ccc[c]n1. The molecule has 0 fully saturated rings. The van der Waals surface area contributed by atoms with Gasteiger partial charge in [0.25, 0.3) is 0 Å². The Morgan fingerprint density at radius 1 is 1.42 bits per heavy atom. The molecule has 0 aliphatic carbocycles. The fourth-order valence-corrected chi connectivity index (χ4v) is 1.15. The highest BCUT2D eigenvalue weighted by molar-refractivity contribution is 6.83. The summed E-state index contributed by atoms with van der Waals surface area (Å²) in [5.41, 5.74) is 4.06. The molecular weight excluding hydrogens is 162 g/mol. The van der Waals surface area contributed by atoms with Gasteiger partial charge in [0.2, 0.25) is 0 Å². The van der Waals surface area contributed by atoms with E-state index in [4.69, 9.17) is 0 Å². The number of rotatable bonds is 0. The third kappa shape index (κ3) is 3.36. The molecule has 1 rings (SSSR count). The summed E-state index contributed by atoms with van der Waals surface area (Å²) in [5, 5.41) is 0. The first-order valence-corrected chi connectivity index (χ1v) is 7.44. The first-order chi connectivity index (χ1) is 5.58. The molecule has 1 radical (unpaired) electrons. The van der Waals surface area contributed by atoms with Gasteiger partial charge < -0.3 is 0 Å². The van der Waals surface area contributed by atoms with Gasteiger partial charge in [-0.2, -0.15) is 0 Å². The van der Waals surface area contributed by atoms with Gasteiger partial charge in [-0.05, 0) is 12.1 Å². The lowest BCUT2D eigenvalue weighted by molar-refractivity contribution is 1.27. The van der Waals surface area contributed by atoms with Crippen LogP contribution in [0.25, 0.3) is 0 Å². The van der Waals surface area contributed by atoms with E-state index in [0.29, 0.717) is 0 Å². The van der Waals surface area contributed by atoms with Crippen LogP contribution in [0, 0.1) is 17.7 Å². The largest absolute Gasteiger partial charge is 0.238 e. The molecule has 12 heavy (non-hydrogen) atoms. The number of aromatic nitrogens is 1. The topological polar surface area (TPSA) is 12.9 Å². The van der Waals surface area contributed by atoms with Crippen LogP contribution in [-0.4, -0.2) is 13.1 Å². The zero-order valence-corrected chi connectivity index (χ0v) is 8.68. The van der Waals surface area contributed by atoms with Crippen molar-refractivity contribution in [3.8, 4) is 11.5 Å². The van der Waals surface area contributed by atoms with Crippen molar-refractivity contribution in [3.05, 3.63) is 30.1 Å². The van der Waals surface area contributed by atoms with Gasteiger partial charge in [-0.25, -0.2) is 4.98 Å². The Labute approximate surface area is 74.9 Å². The average molecular weight is 174 g/mol. The predicted octanol–water partition coefficient (Wildman–Crippen LogP) is 2.11. The van der Waals surface area contributed by atoms with Gasteiger partial charge in [0, 0.05) is 0 Å². The van der Waals surface area contributed by atoms with E-state index in [9.17, 15) is 0 Å². The fourth-order valence-electron chi connectivity index (χ4n) is 0.648. The Morgan fingerprint density at radius 2 is 2.17 bits per heavy atom. The second-order valence-corrected chi connectivity index (χ2v) is 8.40. The Balaban J connectivity index is 2.81. The Morgan fingerprint density at radius 3 is 2.67 bits per heavy atom. The van der Waals surface area contributed by atoms with Crippen LogP contribution in [0.4, 0.5) is 0 Å². The summed E-state index contributed by atoms with van der Waals surface area (Å²) in [4.78, 5) is 4.01. The van der Waals surface area contributed by atoms with Gasteiger partial charge in [0.15, 0.2) is 0 Å². The zero-order chi connectivity index (χ0) is 9.03. The number of hydrogen-bond donors (Lipinski definition) is 0. The summed E-state index contributed by atoms with van der Waals surface area (Å²) in [6.45, 7) is 6.64. The van der Waals surface area contributed by atoms with E-state index in [1.807, 2.05) is 12.1 Å². The van der Waals surface area contributed by atoms with E-state index in [1.165, 1.54) is 0 Å². The van der Waals surface area contributed by atoms with Gasteiger partial charge in [0.05, 0.1) is 6.20 Å². The summed E-state index contributed by atoms with van der Waals surface area (Å²) < 4.78 is 0. The maximum atomic E-state index is 4.01. The molecule has 0 spiro atoms. The van der Waals surface area contributed by atoms with Crippen molar-refractivity contribution in [2.24, 2.45) is 0 Å². The molecule has 0 N–H and O–H groups in total. The van der Waals surface area contributed by atoms with Crippen molar-refractivity contribution >= 4 is 8.07 Å². The van der Waals surface area contributed by atoms with Crippen molar-refractivity contribution < 1.29 is 0 Å². The van der Waals surface area contributed by atoms with Crippen LogP contribution in [0.15, 0.2) is 18.2 Å². The van der Waals surface area contributed by atoms with Crippen LogP contribution in [0.3, 0.4) is 0 Å². The van der Waals surface area contributed by atoms with Crippen LogP contribution in [-0.2, 0) is 0 Å². The molecule has 2 heteroatoms. The van der Waals surface area contributed by atoms with Gasteiger partial charge in [0.1, 0.15) is 13.8 Å². The fraction of sp³-hybridized carbons (Fsp3) is 0.300. The first-order valence-electron chi connectivity index (χ1n) is 3.94. The van der Waals surface area contributed by atoms with E-state index < -0.39 is 8.07 Å². The molecule has 0 aliphatic heterocycles. The molecule has 61 valence electrons. The van der Waals surface area contributed by atoms with Crippen molar-refractivity contribution in [3.63, 3.8) is 0 Å². The smallest absolute Gasteiger partial charge is 0.129 e. The molecular formula is C10H12NSi. The van der Waals surface area contributed by atoms with E-state index in [-0.39, 0.29) is 0 Å². The Bertz CT molecular complexity index is 300. The van der Waals surface area contributed by atoms with Crippen LogP contribution >= 0.6 is 0 Å². The van der Waals surface area contributed by atoms with Crippen molar-refractivity contribution in [1.82, 2.24) is 4.98 Å². The minimum Gasteiger partial charge on any atom is -0.238 e. The molecule has 1 nitrogen and oxygen atoms in total. The van der Waals surface area contributed by atoms with Crippen molar-refractivity contribution in [2.75, 3.05) is 0 Å². The highest BCUT2D eigenvalue weighted by atomic mass is 28.3. The summed E-state index contributed by atoms with van der Waals surface area (Å²) in [5.74, 6) is 3.05. The van der Waals surface area contributed by atoms with Gasteiger partial charge in [-0.15, -0.1) is 5.54 Å². The van der Waals surface area contributed by atoms with Crippen LogP contribution in [0.1, 0.15) is 5.69 Å². The summed E-state index contributed by atoms with van der Waals surface area (Å²) in [7, 11) is -1.26. The highest BCUT2D eigenvalue weighted by Crippen LogP contribution is 1.97. The first kappa shape index (κ1) is 9.02. The van der Waals surface area contributed by atoms with Gasteiger partial charge >= 0.3 is 0 Å². The lowest BCUT2D eigenvalue weighted by atomic mass is 10.4. The summed E-state index contributed by atoms with van der Waals surface area (Å²) in [6.07, 6.45) is 2.76. The average Bonchev–Trinajstić information content (AvgIpc) is 2.02. The monoisotopic (exact) mass is 174 g/mol. The lowest BCUT2D eigenvalue weighted by Crippen LogP contribution is -2.16. The van der Waals surface area contributed by atoms with E-state index in [0.717, 1.165) is 5.69 Å². The molecule has 0 aliphatic rings. The van der Waals surface area contributed by atoms with E-state index >= 15 is 0 Å². The van der Waals surface area contributed by atoms with Crippen LogP contribution in [0.2, 0.25) is 19.6 Å². The Hall–Kier alpha value is -1.07. The summed E-state index contributed by atoms with van der Waals surface area (Å²) >= 11 is 0. The second-order valence-electron chi connectivity index (χ2n) is 3.65. The normalized spacial score (nSPS) is 10.2. The minimum absolute atomic E-state index is 0.819. The summed E-state index contributed by atoms with van der Waals surface area (Å²) in [6, 6.07) is 5.59. The molecule has 0 amide bonds. The molecule has 1 aromatic heterocycles. The number of hydrogen-bond acceptors (Lipinski definition) is 1. The molecule has 0 saturated heterocycles. The standard InChI is InChI=1S/C10H12NSi/c1-12(2,3)9-7-10-6-4-5-8-11-10/h4-6H,1-3H3. The van der Waals surface area contributed by atoms with Gasteiger partial charge in [-0.3, -0.25) is 0 Å². The molecule has 1 heterocycles. The molecule has 0 bridgehead atoms. The highest BCUT2D eigenvalue weighted by Gasteiger charge is 2.07. The van der Waals surface area contributed by atoms with Crippen molar-refractivity contribution in [2.45, 2.75) is 19.6 Å². The zero-order valence-electron chi connectivity index (χ0n) is 7.68. The van der Waals surface area contributed by atoms with E-state index in [2.05, 4.69) is 42.3 Å². The second kappa shape index (κ2) is 3.55. The number of nitrogens with zero attached hydrogens (tertiary/aromatic N) is 1.